The van der Waals surface area contributed by atoms with Gasteiger partial charge in [-0.15, -0.1) is 0 Å². The molecule has 1 N–H and O–H groups in total. The van der Waals surface area contributed by atoms with Crippen LogP contribution in [0.4, 0.5) is 0 Å². The molecule has 0 aromatic rings. The van der Waals surface area contributed by atoms with Gasteiger partial charge in [0.05, 0.1) is 6.10 Å². The van der Waals surface area contributed by atoms with E-state index in [2.05, 4.69) is 4.72 Å². The van der Waals surface area contributed by atoms with E-state index in [0.29, 0.717) is 6.54 Å². The van der Waals surface area contributed by atoms with Crippen molar-refractivity contribution in [2.75, 3.05) is 20.2 Å². The fraction of sp³-hybridized carbons (Fsp3) is 1.00. The fourth-order valence-electron chi connectivity index (χ4n) is 1.87. The topological polar surface area (TPSA) is 58.6 Å². The molecule has 0 spiro atoms. The van der Waals surface area contributed by atoms with Crippen molar-refractivity contribution in [2.45, 2.75) is 51.7 Å². The first-order valence-electron chi connectivity index (χ1n) is 6.27. The van der Waals surface area contributed by atoms with Crippen LogP contribution in [0, 0.1) is 0 Å². The predicted molar refractivity (Wildman–Crippen MR) is 68.0 cm³/mol. The summed E-state index contributed by atoms with van der Waals surface area (Å²) in [5, 5.41) is 0. The Kier molecular flexibility index (Phi) is 5.85. The van der Waals surface area contributed by atoms with Gasteiger partial charge in [0, 0.05) is 26.2 Å². The lowest BCUT2D eigenvalue weighted by Crippen LogP contribution is -2.42. The summed E-state index contributed by atoms with van der Waals surface area (Å²) in [6.07, 6.45) is 4.35. The molecule has 1 aliphatic heterocycles. The van der Waals surface area contributed by atoms with Gasteiger partial charge in [-0.2, -0.15) is 17.4 Å². The highest BCUT2D eigenvalue weighted by molar-refractivity contribution is 7.87. The minimum Gasteiger partial charge on any atom is -0.378 e. The smallest absolute Gasteiger partial charge is 0.279 e. The Morgan fingerprint density at radius 2 is 2.12 bits per heavy atom. The molecule has 5 nitrogen and oxygen atoms in total. The zero-order chi connectivity index (χ0) is 12.9. The molecule has 1 fully saturated rings. The average Bonchev–Trinajstić information content (AvgIpc) is 2.25. The van der Waals surface area contributed by atoms with E-state index in [1.165, 1.54) is 10.7 Å². The molecule has 1 rings (SSSR count). The maximum Gasteiger partial charge on any atom is 0.279 e. The third-order valence-electron chi connectivity index (χ3n) is 2.83. The van der Waals surface area contributed by atoms with E-state index >= 15 is 0 Å². The summed E-state index contributed by atoms with van der Waals surface area (Å²) in [6, 6.07) is -0.0756. The van der Waals surface area contributed by atoms with Crippen LogP contribution in [0.3, 0.4) is 0 Å². The highest BCUT2D eigenvalue weighted by atomic mass is 32.2. The second-order valence-corrected chi connectivity index (χ2v) is 6.69. The molecule has 0 radical (unpaired) electrons. The van der Waals surface area contributed by atoms with Gasteiger partial charge in [0.2, 0.25) is 0 Å². The first-order chi connectivity index (χ1) is 7.92. The van der Waals surface area contributed by atoms with Crippen LogP contribution < -0.4 is 4.72 Å². The van der Waals surface area contributed by atoms with Crippen molar-refractivity contribution in [3.8, 4) is 0 Å². The SMILES string of the molecule is CC(C)NS(=O)(=O)N(C)CCC1CCCCO1. The molecule has 1 aliphatic rings. The summed E-state index contributed by atoms with van der Waals surface area (Å²) in [6.45, 7) is 4.95. The number of ether oxygens (including phenoxy) is 1. The molecule has 102 valence electrons. The third-order valence-corrected chi connectivity index (χ3v) is 4.61. The number of rotatable bonds is 6. The Hall–Kier alpha value is -0.170. The summed E-state index contributed by atoms with van der Waals surface area (Å²) in [5.74, 6) is 0. The van der Waals surface area contributed by atoms with Crippen LogP contribution in [0.2, 0.25) is 0 Å². The Bertz CT molecular complexity index is 311. The van der Waals surface area contributed by atoms with Crippen molar-refractivity contribution in [1.82, 2.24) is 9.03 Å². The van der Waals surface area contributed by atoms with Crippen LogP contribution in [-0.2, 0) is 14.9 Å². The Morgan fingerprint density at radius 3 is 2.65 bits per heavy atom. The zero-order valence-electron chi connectivity index (χ0n) is 11.0. The lowest BCUT2D eigenvalue weighted by Gasteiger charge is -2.25. The van der Waals surface area contributed by atoms with Gasteiger partial charge in [-0.25, -0.2) is 0 Å². The van der Waals surface area contributed by atoms with Crippen LogP contribution in [0.15, 0.2) is 0 Å². The van der Waals surface area contributed by atoms with Gasteiger partial charge in [-0.3, -0.25) is 0 Å². The number of hydrogen-bond donors (Lipinski definition) is 1. The number of nitrogens with zero attached hydrogens (tertiary/aromatic N) is 1. The van der Waals surface area contributed by atoms with E-state index in [-0.39, 0.29) is 12.1 Å². The molecule has 1 atom stereocenters. The normalized spacial score (nSPS) is 22.3. The summed E-state index contributed by atoms with van der Waals surface area (Å²) >= 11 is 0. The Balaban J connectivity index is 2.35. The van der Waals surface area contributed by atoms with E-state index in [1.807, 2.05) is 13.8 Å². The summed E-state index contributed by atoms with van der Waals surface area (Å²) < 4.78 is 33.1. The van der Waals surface area contributed by atoms with Gasteiger partial charge < -0.3 is 4.74 Å². The van der Waals surface area contributed by atoms with Crippen LogP contribution in [0.5, 0.6) is 0 Å². The summed E-state index contributed by atoms with van der Waals surface area (Å²) in [7, 11) is -1.73. The fourth-order valence-corrected chi connectivity index (χ4v) is 2.99. The molecule has 0 aliphatic carbocycles. The van der Waals surface area contributed by atoms with E-state index in [0.717, 1.165) is 25.9 Å². The van der Waals surface area contributed by atoms with Crippen molar-refractivity contribution < 1.29 is 13.2 Å². The molecule has 0 aromatic carbocycles. The van der Waals surface area contributed by atoms with Crippen molar-refractivity contribution in [3.05, 3.63) is 0 Å². The van der Waals surface area contributed by atoms with E-state index in [9.17, 15) is 8.42 Å². The molecule has 1 heterocycles. The zero-order valence-corrected chi connectivity index (χ0v) is 11.8. The van der Waals surface area contributed by atoms with E-state index in [1.54, 1.807) is 7.05 Å². The molecule has 6 heteroatoms. The molecule has 0 aromatic heterocycles. The molecule has 0 saturated carbocycles. The second-order valence-electron chi connectivity index (χ2n) is 4.88. The van der Waals surface area contributed by atoms with Gasteiger partial charge in [0.25, 0.3) is 10.2 Å². The summed E-state index contributed by atoms with van der Waals surface area (Å²) in [5.41, 5.74) is 0. The lowest BCUT2D eigenvalue weighted by atomic mass is 10.1. The van der Waals surface area contributed by atoms with Gasteiger partial charge in [-0.05, 0) is 39.5 Å². The Labute approximate surface area is 105 Å². The molecule has 1 saturated heterocycles. The van der Waals surface area contributed by atoms with Gasteiger partial charge in [0.1, 0.15) is 0 Å². The highest BCUT2D eigenvalue weighted by Gasteiger charge is 2.21. The monoisotopic (exact) mass is 264 g/mol. The predicted octanol–water partition coefficient (Wildman–Crippen LogP) is 1.12. The maximum atomic E-state index is 11.8. The standard InChI is InChI=1S/C11H24N2O3S/c1-10(2)12-17(14,15)13(3)8-7-11-6-4-5-9-16-11/h10-12H,4-9H2,1-3H3. The van der Waals surface area contributed by atoms with Crippen molar-refractivity contribution in [2.24, 2.45) is 0 Å². The van der Waals surface area contributed by atoms with Crippen molar-refractivity contribution in [1.29, 1.82) is 0 Å². The minimum atomic E-state index is -3.33. The van der Waals surface area contributed by atoms with Crippen LogP contribution >= 0.6 is 0 Å². The second kappa shape index (κ2) is 6.68. The number of nitrogens with one attached hydrogen (secondary N) is 1. The van der Waals surface area contributed by atoms with Gasteiger partial charge in [-0.1, -0.05) is 0 Å². The average molecular weight is 264 g/mol. The van der Waals surface area contributed by atoms with Gasteiger partial charge >= 0.3 is 0 Å². The van der Waals surface area contributed by atoms with Crippen molar-refractivity contribution in [3.63, 3.8) is 0 Å². The largest absolute Gasteiger partial charge is 0.378 e. The molecule has 0 bridgehead atoms. The number of hydrogen-bond acceptors (Lipinski definition) is 3. The lowest BCUT2D eigenvalue weighted by molar-refractivity contribution is 0.00947. The van der Waals surface area contributed by atoms with Crippen LogP contribution in [0.1, 0.15) is 39.5 Å². The molecular weight excluding hydrogens is 240 g/mol. The van der Waals surface area contributed by atoms with Crippen LogP contribution in [-0.4, -0.2) is 45.1 Å². The minimum absolute atomic E-state index is 0.0756. The quantitative estimate of drug-likeness (QED) is 0.782. The first kappa shape index (κ1) is 14.9. The summed E-state index contributed by atoms with van der Waals surface area (Å²) in [4.78, 5) is 0. The van der Waals surface area contributed by atoms with E-state index < -0.39 is 10.2 Å². The van der Waals surface area contributed by atoms with Crippen molar-refractivity contribution >= 4 is 10.2 Å². The van der Waals surface area contributed by atoms with Gasteiger partial charge in [0.15, 0.2) is 0 Å². The Morgan fingerprint density at radius 1 is 1.41 bits per heavy atom. The molecular formula is C11H24N2O3S. The third kappa shape index (κ3) is 5.33. The maximum absolute atomic E-state index is 11.8. The molecule has 0 amide bonds. The van der Waals surface area contributed by atoms with Crippen LogP contribution in [0.25, 0.3) is 0 Å². The first-order valence-corrected chi connectivity index (χ1v) is 7.71. The molecule has 1 unspecified atom stereocenters. The molecule has 17 heavy (non-hydrogen) atoms. The van der Waals surface area contributed by atoms with E-state index in [4.69, 9.17) is 4.74 Å². The highest BCUT2D eigenvalue weighted by Crippen LogP contribution is 2.16.